The first-order valence-electron chi connectivity index (χ1n) is 23.7. The largest absolute Gasteiger partial charge is 0.456 e. The zero-order valence-electron chi connectivity index (χ0n) is 38.3. The van der Waals surface area contributed by atoms with Gasteiger partial charge in [0.1, 0.15) is 22.2 Å². The van der Waals surface area contributed by atoms with Crippen LogP contribution in [0.1, 0.15) is 38.3 Å². The molecule has 0 N–H and O–H groups in total. The van der Waals surface area contributed by atoms with Crippen LogP contribution in [0.25, 0.3) is 78.4 Å². The van der Waals surface area contributed by atoms with Gasteiger partial charge in [-0.1, -0.05) is 142 Å². The van der Waals surface area contributed by atoms with E-state index in [1.54, 1.807) is 0 Å². The summed E-state index contributed by atoms with van der Waals surface area (Å²) < 4.78 is 12.9. The molecule has 1 unspecified atom stereocenters. The second kappa shape index (κ2) is 15.6. The van der Waals surface area contributed by atoms with Crippen molar-refractivity contribution < 1.29 is 8.83 Å². The standard InChI is InChI=1S/C64H48N2O2/c1-41-21-33-56-57-19-12-18-51(63(57)68-61(56)37-41)43-24-29-48(30-25-43)66(47-27-22-42(23-28-47)44-26-34-55-54-17-10-11-20-60(54)67-62(55)38-44)50-32-36-53-52-35-31-49(39-58(52)64(2,3)59(53)40-50)65(45-13-6-4-7-14-45)46-15-8-5-9-16-46/h4-20,22-41H,21H2,1-3H3. The highest BCUT2D eigenvalue weighted by atomic mass is 16.3. The van der Waals surface area contributed by atoms with Gasteiger partial charge in [-0.2, -0.15) is 0 Å². The molecule has 13 rings (SSSR count). The fourth-order valence-electron chi connectivity index (χ4n) is 10.9. The maximum absolute atomic E-state index is 6.60. The van der Waals surface area contributed by atoms with Crippen LogP contribution in [0.15, 0.2) is 215 Å². The number of hydrogen-bond donors (Lipinski definition) is 0. The lowest BCUT2D eigenvalue weighted by atomic mass is 9.82. The molecule has 0 saturated carbocycles. The molecular formula is C64H48N2O2. The number of hydrogen-bond acceptors (Lipinski definition) is 4. The third-order valence-electron chi connectivity index (χ3n) is 14.4. The highest BCUT2D eigenvalue weighted by Gasteiger charge is 2.37. The molecule has 2 heterocycles. The summed E-state index contributed by atoms with van der Waals surface area (Å²) in [6.07, 6.45) is 5.63. The van der Waals surface area contributed by atoms with E-state index in [9.17, 15) is 0 Å². The molecule has 0 saturated heterocycles. The fourth-order valence-corrected chi connectivity index (χ4v) is 10.9. The van der Waals surface area contributed by atoms with Gasteiger partial charge in [0.2, 0.25) is 0 Å². The van der Waals surface area contributed by atoms with Crippen LogP contribution in [0, 0.1) is 5.92 Å². The molecular weight excluding hydrogens is 829 g/mol. The van der Waals surface area contributed by atoms with Gasteiger partial charge >= 0.3 is 0 Å². The highest BCUT2D eigenvalue weighted by Crippen LogP contribution is 2.52. The first kappa shape index (κ1) is 40.0. The van der Waals surface area contributed by atoms with E-state index in [4.69, 9.17) is 8.83 Å². The van der Waals surface area contributed by atoms with Gasteiger partial charge in [0, 0.05) is 66.5 Å². The van der Waals surface area contributed by atoms with Crippen molar-refractivity contribution in [3.05, 3.63) is 228 Å². The van der Waals surface area contributed by atoms with E-state index in [0.29, 0.717) is 5.92 Å². The molecule has 11 aromatic rings. The number of furan rings is 2. The lowest BCUT2D eigenvalue weighted by Crippen LogP contribution is -2.24. The van der Waals surface area contributed by atoms with Crippen molar-refractivity contribution in [2.45, 2.75) is 32.6 Å². The molecule has 326 valence electrons. The van der Waals surface area contributed by atoms with Crippen molar-refractivity contribution >= 4 is 79.2 Å². The summed E-state index contributed by atoms with van der Waals surface area (Å²) in [4.78, 5) is 4.75. The summed E-state index contributed by atoms with van der Waals surface area (Å²) >= 11 is 0. The van der Waals surface area contributed by atoms with Gasteiger partial charge in [-0.3, -0.25) is 0 Å². The van der Waals surface area contributed by atoms with Gasteiger partial charge in [0.05, 0.1) is 0 Å². The van der Waals surface area contributed by atoms with Crippen molar-refractivity contribution in [3.63, 3.8) is 0 Å². The van der Waals surface area contributed by atoms with Gasteiger partial charge in [0.15, 0.2) is 0 Å². The second-order valence-corrected chi connectivity index (χ2v) is 19.0. The van der Waals surface area contributed by atoms with E-state index >= 15 is 0 Å². The molecule has 9 aromatic carbocycles. The van der Waals surface area contributed by atoms with Crippen molar-refractivity contribution in [1.29, 1.82) is 0 Å². The molecule has 4 heteroatoms. The first-order valence-corrected chi connectivity index (χ1v) is 23.7. The van der Waals surface area contributed by atoms with E-state index in [2.05, 4.69) is 237 Å². The quantitative estimate of drug-likeness (QED) is 0.152. The average Bonchev–Trinajstić information content (AvgIpc) is 4.01. The molecule has 2 aliphatic carbocycles. The molecule has 0 radical (unpaired) electrons. The molecule has 1 atom stereocenters. The van der Waals surface area contributed by atoms with E-state index in [0.717, 1.165) is 95.7 Å². The van der Waals surface area contributed by atoms with Gasteiger partial charge in [0.25, 0.3) is 0 Å². The minimum atomic E-state index is -0.266. The zero-order chi connectivity index (χ0) is 45.5. The Morgan fingerprint density at radius 3 is 1.60 bits per heavy atom. The summed E-state index contributed by atoms with van der Waals surface area (Å²) in [5.41, 5.74) is 19.8. The number of rotatable bonds is 8. The fraction of sp³-hybridized carbons (Fsp3) is 0.0938. The average molecular weight is 877 g/mol. The van der Waals surface area contributed by atoms with Crippen LogP contribution in [0.3, 0.4) is 0 Å². The molecule has 68 heavy (non-hydrogen) atoms. The molecule has 0 aliphatic heterocycles. The smallest absolute Gasteiger partial charge is 0.143 e. The van der Waals surface area contributed by atoms with Crippen LogP contribution in [-0.2, 0) is 5.41 Å². The van der Waals surface area contributed by atoms with Crippen molar-refractivity contribution in [2.75, 3.05) is 9.80 Å². The van der Waals surface area contributed by atoms with E-state index in [-0.39, 0.29) is 5.41 Å². The van der Waals surface area contributed by atoms with Gasteiger partial charge in [-0.15, -0.1) is 0 Å². The molecule has 4 nitrogen and oxygen atoms in total. The lowest BCUT2D eigenvalue weighted by molar-refractivity contribution is 0.566. The summed E-state index contributed by atoms with van der Waals surface area (Å²) in [7, 11) is 0. The van der Waals surface area contributed by atoms with E-state index < -0.39 is 0 Å². The number of para-hydroxylation sites is 4. The van der Waals surface area contributed by atoms with Crippen LogP contribution in [0.5, 0.6) is 0 Å². The maximum Gasteiger partial charge on any atom is 0.143 e. The van der Waals surface area contributed by atoms with E-state index in [1.165, 1.54) is 32.9 Å². The Hall–Kier alpha value is -8.34. The Balaban J connectivity index is 0.904. The van der Waals surface area contributed by atoms with Crippen LogP contribution >= 0.6 is 0 Å². The predicted octanol–water partition coefficient (Wildman–Crippen LogP) is 16.5. The SMILES string of the molecule is CC1C=c2oc3c(-c4ccc(N(c5ccc(-c6ccc7c(c6)oc6ccccc67)cc5)c5ccc6c(c5)C(C)(C)c5cc(N(c7ccccc7)c7ccccc7)ccc5-6)cc4)cccc3c2=CC1. The normalized spacial score (nSPS) is 14.5. The zero-order valence-corrected chi connectivity index (χ0v) is 38.3. The summed E-state index contributed by atoms with van der Waals surface area (Å²) in [6.45, 7) is 6.99. The molecule has 0 bridgehead atoms. The van der Waals surface area contributed by atoms with Crippen molar-refractivity contribution in [3.8, 4) is 33.4 Å². The Bertz CT molecular complexity index is 3820. The van der Waals surface area contributed by atoms with Crippen molar-refractivity contribution in [2.24, 2.45) is 5.92 Å². The summed E-state index contributed by atoms with van der Waals surface area (Å²) in [5.74, 6) is 0.465. The molecule has 2 aromatic heterocycles. The highest BCUT2D eigenvalue weighted by molar-refractivity contribution is 6.06. The Labute approximate surface area is 396 Å². The summed E-state index contributed by atoms with van der Waals surface area (Å²) in [5, 5.41) is 4.66. The summed E-state index contributed by atoms with van der Waals surface area (Å²) in [6, 6.07) is 74.6. The minimum absolute atomic E-state index is 0.266. The Morgan fingerprint density at radius 2 is 0.956 bits per heavy atom. The molecule has 0 amide bonds. The van der Waals surface area contributed by atoms with E-state index in [1.807, 2.05) is 12.1 Å². The van der Waals surface area contributed by atoms with Gasteiger partial charge in [-0.25, -0.2) is 0 Å². The third kappa shape index (κ3) is 6.51. The Morgan fingerprint density at radius 1 is 0.426 bits per heavy atom. The lowest BCUT2D eigenvalue weighted by Gasteiger charge is -2.29. The van der Waals surface area contributed by atoms with Crippen LogP contribution < -0.4 is 20.4 Å². The second-order valence-electron chi connectivity index (χ2n) is 19.0. The molecule has 0 fully saturated rings. The number of anilines is 6. The molecule has 2 aliphatic rings. The predicted molar refractivity (Wildman–Crippen MR) is 283 cm³/mol. The molecule has 0 spiro atoms. The van der Waals surface area contributed by atoms with Gasteiger partial charge in [-0.05, 0) is 148 Å². The topological polar surface area (TPSA) is 32.8 Å². The first-order chi connectivity index (χ1) is 33.4. The Kier molecular flexibility index (Phi) is 9.20. The number of benzene rings is 9. The number of nitrogens with zero attached hydrogens (tertiary/aromatic N) is 2. The minimum Gasteiger partial charge on any atom is -0.456 e. The van der Waals surface area contributed by atoms with Crippen LogP contribution in [0.4, 0.5) is 34.1 Å². The monoisotopic (exact) mass is 876 g/mol. The third-order valence-corrected chi connectivity index (χ3v) is 14.4. The van der Waals surface area contributed by atoms with Crippen LogP contribution in [0.2, 0.25) is 0 Å². The van der Waals surface area contributed by atoms with Gasteiger partial charge < -0.3 is 18.6 Å². The maximum atomic E-state index is 6.60. The number of fused-ring (bicyclic) bond motifs is 9. The van der Waals surface area contributed by atoms with Crippen molar-refractivity contribution in [1.82, 2.24) is 0 Å². The van der Waals surface area contributed by atoms with Crippen LogP contribution in [-0.4, -0.2) is 0 Å².